The van der Waals surface area contributed by atoms with Crippen LogP contribution in [-0.2, 0) is 63.8 Å². The Kier molecular flexibility index (Phi) is 12.7. The van der Waals surface area contributed by atoms with Crippen molar-refractivity contribution >= 4 is 35.0 Å². The Hall–Kier alpha value is -5.76. The number of likely N-dealkylation sites (tertiary alicyclic amines) is 2. The van der Waals surface area contributed by atoms with Gasteiger partial charge in [-0.1, -0.05) is 12.1 Å². The molecule has 1 spiro atoms. The summed E-state index contributed by atoms with van der Waals surface area (Å²) in [4.78, 5) is 61.1. The van der Waals surface area contributed by atoms with E-state index in [1.807, 2.05) is 34.7 Å². The summed E-state index contributed by atoms with van der Waals surface area (Å²) in [5, 5.41) is 10.6. The van der Waals surface area contributed by atoms with Gasteiger partial charge < -0.3 is 33.6 Å². The number of fused-ring (bicyclic) bond motifs is 2. The third-order valence-electron chi connectivity index (χ3n) is 17.8. The van der Waals surface area contributed by atoms with Crippen LogP contribution < -0.4 is 15.1 Å². The smallest absolute Gasteiger partial charge is 0.379 e. The molecule has 1 aromatic heterocycles. The van der Waals surface area contributed by atoms with Crippen LogP contribution in [0.5, 0.6) is 0 Å². The van der Waals surface area contributed by atoms with Crippen molar-refractivity contribution < 1.29 is 46.2 Å². The van der Waals surface area contributed by atoms with Crippen molar-refractivity contribution in [3.63, 3.8) is 0 Å². The number of nitrogens with one attached hydrogen (secondary N) is 1. The van der Waals surface area contributed by atoms with E-state index in [4.69, 9.17) is 9.47 Å². The molecule has 1 saturated carbocycles. The first-order valence-corrected chi connectivity index (χ1v) is 26.5. The topological polar surface area (TPSA) is 146 Å². The number of hydrogen-bond donors (Lipinski definition) is 1. The van der Waals surface area contributed by atoms with Crippen LogP contribution >= 0.6 is 0 Å². The van der Waals surface area contributed by atoms with Crippen molar-refractivity contribution in [1.82, 2.24) is 34.8 Å². The highest BCUT2D eigenvalue weighted by Crippen LogP contribution is 2.45. The number of aryl methyl sites for hydroxylation is 1. The third kappa shape index (κ3) is 9.18. The molecule has 74 heavy (non-hydrogen) atoms. The van der Waals surface area contributed by atoms with Gasteiger partial charge in [-0.15, -0.1) is 10.2 Å². The van der Waals surface area contributed by atoms with Gasteiger partial charge in [0.05, 0.1) is 49.8 Å². The fourth-order valence-electron chi connectivity index (χ4n) is 13.5. The molecule has 1 atom stereocenters. The normalized spacial score (nSPS) is 25.3. The molecule has 1 aliphatic carbocycles. The number of carbonyl (C=O) groups is 4. The van der Waals surface area contributed by atoms with Crippen molar-refractivity contribution in [1.29, 1.82) is 0 Å². The Morgan fingerprint density at radius 2 is 1.58 bits per heavy atom. The van der Waals surface area contributed by atoms with E-state index in [1.165, 1.54) is 15.9 Å². The first-order valence-electron chi connectivity index (χ1n) is 26.5. The van der Waals surface area contributed by atoms with Crippen molar-refractivity contribution in [2.24, 2.45) is 18.4 Å². The molecule has 3 aromatic carbocycles. The fraction of sp³-hybridized carbons (Fsp3) is 0.564. The molecule has 12 rings (SSSR count). The molecule has 0 bridgehead atoms. The lowest BCUT2D eigenvalue weighted by Crippen LogP contribution is -2.60. The maximum absolute atomic E-state index is 16.0. The molecule has 19 heteroatoms. The van der Waals surface area contributed by atoms with Crippen LogP contribution in [0.15, 0.2) is 54.9 Å². The standard InChI is InChI=1S/C55H63F4N9O6/c1-63-33-60-62-47(63)24-54(31-73-32-54)36-3-2-4-37(23-36)67-27-42-41(52(67)72)21-35(22-44(42)55(57,58)59)26-65-29-53(30-65)15-19-64(20-16-53)25-34-5-7-38(8-6-34)74-39-13-17-66(18-14-39)45-10-9-40-43(49(45)56)28-68(51(40)71)46-11-12-48(69)61-50(46)70/h2-4,9-10,21-23,33-34,38-39,46H,5-8,11-20,24-32H2,1H3,(H,61,69,70)/t34-,38-,46?. The van der Waals surface area contributed by atoms with Crippen LogP contribution in [0.25, 0.3) is 0 Å². The Morgan fingerprint density at radius 3 is 2.27 bits per heavy atom. The van der Waals surface area contributed by atoms with E-state index in [0.29, 0.717) is 67.7 Å². The number of amides is 4. The van der Waals surface area contributed by atoms with Gasteiger partial charge in [0.25, 0.3) is 11.8 Å². The van der Waals surface area contributed by atoms with Gasteiger partial charge in [-0.05, 0) is 135 Å². The molecule has 5 saturated heterocycles. The summed E-state index contributed by atoms with van der Waals surface area (Å²) in [7, 11) is 1.88. The van der Waals surface area contributed by atoms with Gasteiger partial charge in [0, 0.05) is 87.0 Å². The number of hydrogen-bond acceptors (Lipinski definition) is 11. The summed E-state index contributed by atoms with van der Waals surface area (Å²) in [6, 6.07) is 13.0. The highest BCUT2D eigenvalue weighted by molar-refractivity contribution is 6.10. The lowest BCUT2D eigenvalue weighted by Gasteiger charge is -2.54. The van der Waals surface area contributed by atoms with Gasteiger partial charge in [-0.3, -0.25) is 29.4 Å². The number of rotatable bonds is 12. The lowest BCUT2D eigenvalue weighted by molar-refractivity contribution is -0.138. The third-order valence-corrected chi connectivity index (χ3v) is 17.8. The van der Waals surface area contributed by atoms with E-state index >= 15 is 4.39 Å². The Labute approximate surface area is 427 Å². The van der Waals surface area contributed by atoms with Gasteiger partial charge in [-0.25, -0.2) is 4.39 Å². The number of benzene rings is 3. The summed E-state index contributed by atoms with van der Waals surface area (Å²) in [6.45, 7) is 7.21. The second kappa shape index (κ2) is 19.1. The molecule has 4 aromatic rings. The maximum atomic E-state index is 16.0. The molecule has 4 amide bonds. The minimum atomic E-state index is -4.61. The quantitative estimate of drug-likeness (QED) is 0.122. The molecule has 392 valence electrons. The molecule has 15 nitrogen and oxygen atoms in total. The molecule has 8 heterocycles. The summed E-state index contributed by atoms with van der Waals surface area (Å²) < 4.78 is 74.5. The Morgan fingerprint density at radius 1 is 0.824 bits per heavy atom. The molecular formula is C55H63F4N9O6. The predicted molar refractivity (Wildman–Crippen MR) is 263 cm³/mol. The van der Waals surface area contributed by atoms with E-state index in [1.54, 1.807) is 30.6 Å². The summed E-state index contributed by atoms with van der Waals surface area (Å²) >= 11 is 0. The Balaban J connectivity index is 0.589. The van der Waals surface area contributed by atoms with Crippen molar-refractivity contribution in [2.45, 2.75) is 120 Å². The number of halogens is 4. The summed E-state index contributed by atoms with van der Waals surface area (Å²) in [6.07, 6.45) is 6.27. The zero-order chi connectivity index (χ0) is 51.1. The van der Waals surface area contributed by atoms with Crippen LogP contribution in [-0.4, -0.2) is 130 Å². The number of aromatic nitrogens is 3. The maximum Gasteiger partial charge on any atom is 0.416 e. The predicted octanol–water partition coefficient (Wildman–Crippen LogP) is 6.55. The molecule has 6 fully saturated rings. The average Bonchev–Trinajstić information content (AvgIpc) is 4.04. The first-order chi connectivity index (χ1) is 35.6. The molecule has 8 aliphatic rings. The highest BCUT2D eigenvalue weighted by atomic mass is 19.4. The molecule has 1 N–H and O–H groups in total. The number of anilines is 2. The molecule has 1 unspecified atom stereocenters. The Bertz CT molecular complexity index is 2860. The van der Waals surface area contributed by atoms with Crippen LogP contribution in [0, 0.1) is 17.2 Å². The summed E-state index contributed by atoms with van der Waals surface area (Å²) in [5.41, 5.74) is 2.27. The molecule has 0 radical (unpaired) electrons. The number of imide groups is 1. The number of piperidine rings is 3. The van der Waals surface area contributed by atoms with E-state index in [0.717, 1.165) is 95.5 Å². The van der Waals surface area contributed by atoms with Crippen LogP contribution in [0.2, 0.25) is 0 Å². The van der Waals surface area contributed by atoms with Gasteiger partial charge >= 0.3 is 6.18 Å². The number of nitrogens with zero attached hydrogens (tertiary/aromatic N) is 8. The van der Waals surface area contributed by atoms with E-state index < -0.39 is 35.4 Å². The largest absolute Gasteiger partial charge is 0.416 e. The van der Waals surface area contributed by atoms with Crippen LogP contribution in [0.1, 0.15) is 119 Å². The molecule has 7 aliphatic heterocycles. The minimum Gasteiger partial charge on any atom is -0.379 e. The zero-order valence-electron chi connectivity index (χ0n) is 41.8. The summed E-state index contributed by atoms with van der Waals surface area (Å²) in [5.74, 6) is -0.687. The highest BCUT2D eigenvalue weighted by Gasteiger charge is 2.47. The number of alkyl halides is 3. The van der Waals surface area contributed by atoms with Crippen LogP contribution in [0.4, 0.5) is 28.9 Å². The minimum absolute atomic E-state index is 0.00585. The second-order valence-electron chi connectivity index (χ2n) is 22.7. The zero-order valence-corrected chi connectivity index (χ0v) is 41.8. The van der Waals surface area contributed by atoms with Gasteiger partial charge in [0.15, 0.2) is 5.82 Å². The van der Waals surface area contributed by atoms with Gasteiger partial charge in [0.2, 0.25) is 11.8 Å². The average molecular weight is 1020 g/mol. The monoisotopic (exact) mass is 1020 g/mol. The fourth-order valence-corrected chi connectivity index (χ4v) is 13.5. The van der Waals surface area contributed by atoms with Gasteiger partial charge in [-0.2, -0.15) is 13.2 Å². The lowest BCUT2D eigenvalue weighted by atomic mass is 9.71. The number of ether oxygens (including phenoxy) is 2. The van der Waals surface area contributed by atoms with Crippen molar-refractivity contribution in [2.75, 3.05) is 68.8 Å². The van der Waals surface area contributed by atoms with Crippen LogP contribution in [0.3, 0.4) is 0 Å². The second-order valence-corrected chi connectivity index (χ2v) is 22.7. The van der Waals surface area contributed by atoms with E-state index in [-0.39, 0.29) is 77.5 Å². The number of carbonyl (C=O) groups excluding carboxylic acids is 4. The van der Waals surface area contributed by atoms with E-state index in [9.17, 15) is 32.3 Å². The molecular weight excluding hydrogens is 959 g/mol. The van der Waals surface area contributed by atoms with Gasteiger partial charge in [0.1, 0.15) is 18.2 Å². The van der Waals surface area contributed by atoms with Crippen molar-refractivity contribution in [3.8, 4) is 0 Å². The van der Waals surface area contributed by atoms with E-state index in [2.05, 4.69) is 25.3 Å². The first kappa shape index (κ1) is 49.1. The SMILES string of the molecule is Cn1cnnc1CC1(c2cccc(N3Cc4c(cc(CN5CC6(CCN(C[C@H]7CC[C@H](OC8CCN(c9ccc%10c(c9F)CN(C9CCC(=O)NC9=O)C%10=O)CC8)CC7)CC6)C5)cc4C(F)(F)F)C3=O)c2)COC1. The van der Waals surface area contributed by atoms with Crippen molar-refractivity contribution in [3.05, 3.63) is 105 Å².